The molecular formula is C18H16ClFN2O4. The average Bonchev–Trinajstić information content (AvgIpc) is 2.60. The van der Waals surface area contributed by atoms with Crippen LogP contribution in [0.25, 0.3) is 0 Å². The zero-order valence-electron chi connectivity index (χ0n) is 13.8. The largest absolute Gasteiger partial charge is 0.462 e. The number of halogens is 2. The van der Waals surface area contributed by atoms with Crippen LogP contribution in [0.3, 0.4) is 0 Å². The Morgan fingerprint density at radius 2 is 1.85 bits per heavy atom. The molecule has 26 heavy (non-hydrogen) atoms. The molecule has 0 heterocycles. The molecule has 2 amide bonds. The molecule has 136 valence electrons. The summed E-state index contributed by atoms with van der Waals surface area (Å²) in [5, 5.41) is 4.73. The summed E-state index contributed by atoms with van der Waals surface area (Å²) in [6.07, 6.45) is 0. The number of amides is 2. The van der Waals surface area contributed by atoms with Gasteiger partial charge in [0.15, 0.2) is 0 Å². The van der Waals surface area contributed by atoms with Crippen LogP contribution in [0.15, 0.2) is 42.5 Å². The molecule has 2 N–H and O–H groups in total. The molecule has 2 aromatic carbocycles. The maximum Gasteiger partial charge on any atom is 0.340 e. The molecule has 0 aliphatic rings. The highest BCUT2D eigenvalue weighted by molar-refractivity contribution is 6.33. The third kappa shape index (κ3) is 4.80. The number of ether oxygens (including phenoxy) is 1. The monoisotopic (exact) mass is 378 g/mol. The van der Waals surface area contributed by atoms with E-state index in [1.165, 1.54) is 24.3 Å². The van der Waals surface area contributed by atoms with E-state index < -0.39 is 30.1 Å². The number of rotatable bonds is 6. The number of benzene rings is 2. The fourth-order valence-electron chi connectivity index (χ4n) is 2.14. The van der Waals surface area contributed by atoms with Crippen molar-refractivity contribution in [2.75, 3.05) is 18.5 Å². The number of anilines is 1. The Labute approximate surface area is 154 Å². The topological polar surface area (TPSA) is 84.5 Å². The minimum Gasteiger partial charge on any atom is -0.462 e. The average molecular weight is 379 g/mol. The lowest BCUT2D eigenvalue weighted by Crippen LogP contribution is -2.33. The lowest BCUT2D eigenvalue weighted by atomic mass is 10.1. The van der Waals surface area contributed by atoms with Gasteiger partial charge in [-0.3, -0.25) is 9.59 Å². The second kappa shape index (κ2) is 8.96. The van der Waals surface area contributed by atoms with E-state index in [9.17, 15) is 18.8 Å². The van der Waals surface area contributed by atoms with Crippen LogP contribution in [-0.4, -0.2) is 30.9 Å². The first-order valence-electron chi connectivity index (χ1n) is 7.72. The summed E-state index contributed by atoms with van der Waals surface area (Å²) in [7, 11) is 0. The Balaban J connectivity index is 2.02. The number of esters is 1. The molecule has 0 aromatic heterocycles. The Morgan fingerprint density at radius 1 is 1.12 bits per heavy atom. The van der Waals surface area contributed by atoms with Crippen LogP contribution in [0.1, 0.15) is 27.6 Å². The molecule has 6 nitrogen and oxygen atoms in total. The number of carbonyl (C=O) groups is 3. The molecule has 0 spiro atoms. The van der Waals surface area contributed by atoms with Gasteiger partial charge in [-0.15, -0.1) is 0 Å². The molecule has 0 aliphatic heterocycles. The maximum atomic E-state index is 13.7. The highest BCUT2D eigenvalue weighted by Gasteiger charge is 2.18. The van der Waals surface area contributed by atoms with Crippen LogP contribution in [0.2, 0.25) is 5.02 Å². The lowest BCUT2D eigenvalue weighted by Gasteiger charge is -2.11. The molecule has 0 saturated carbocycles. The fraction of sp³-hybridized carbons (Fsp3) is 0.167. The zero-order valence-corrected chi connectivity index (χ0v) is 14.6. The number of carbonyl (C=O) groups excluding carboxylic acids is 3. The maximum absolute atomic E-state index is 13.7. The van der Waals surface area contributed by atoms with Gasteiger partial charge in [-0.1, -0.05) is 29.8 Å². The molecule has 0 fully saturated rings. The van der Waals surface area contributed by atoms with E-state index in [0.717, 1.165) is 6.07 Å². The molecule has 0 radical (unpaired) electrons. The smallest absolute Gasteiger partial charge is 0.340 e. The van der Waals surface area contributed by atoms with Crippen LogP contribution >= 0.6 is 11.6 Å². The van der Waals surface area contributed by atoms with Gasteiger partial charge in [-0.2, -0.15) is 0 Å². The lowest BCUT2D eigenvalue weighted by molar-refractivity contribution is -0.115. The number of hydrogen-bond donors (Lipinski definition) is 2. The van der Waals surface area contributed by atoms with Crippen LogP contribution < -0.4 is 10.6 Å². The first kappa shape index (κ1) is 19.4. The van der Waals surface area contributed by atoms with Gasteiger partial charge in [0.2, 0.25) is 5.91 Å². The van der Waals surface area contributed by atoms with E-state index in [1.54, 1.807) is 19.1 Å². The summed E-state index contributed by atoms with van der Waals surface area (Å²) in [5.41, 5.74) is 0.0918. The van der Waals surface area contributed by atoms with E-state index in [-0.39, 0.29) is 28.4 Å². The summed E-state index contributed by atoms with van der Waals surface area (Å²) in [6, 6.07) is 10.1. The molecule has 8 heteroatoms. The summed E-state index contributed by atoms with van der Waals surface area (Å²) in [6.45, 7) is 1.43. The first-order valence-corrected chi connectivity index (χ1v) is 8.10. The van der Waals surface area contributed by atoms with Gasteiger partial charge >= 0.3 is 5.97 Å². The second-order valence-corrected chi connectivity index (χ2v) is 5.50. The van der Waals surface area contributed by atoms with E-state index in [0.29, 0.717) is 0 Å². The molecule has 0 bridgehead atoms. The van der Waals surface area contributed by atoms with Gasteiger partial charge in [0, 0.05) is 0 Å². The Kier molecular flexibility index (Phi) is 6.68. The van der Waals surface area contributed by atoms with Gasteiger partial charge < -0.3 is 15.4 Å². The predicted octanol–water partition coefficient (Wildman–Crippen LogP) is 3.02. The molecule has 2 aromatic rings. The van der Waals surface area contributed by atoms with E-state index in [1.807, 2.05) is 0 Å². The number of nitrogens with one attached hydrogen (secondary N) is 2. The summed E-state index contributed by atoms with van der Waals surface area (Å²) in [5.74, 6) is -2.78. The van der Waals surface area contributed by atoms with Crippen LogP contribution in [0, 0.1) is 5.82 Å². The van der Waals surface area contributed by atoms with Crippen molar-refractivity contribution in [2.45, 2.75) is 6.92 Å². The molecular weight excluding hydrogens is 363 g/mol. The minimum atomic E-state index is -0.818. The van der Waals surface area contributed by atoms with Gasteiger partial charge in [0.25, 0.3) is 5.91 Å². The van der Waals surface area contributed by atoms with Crippen molar-refractivity contribution in [3.63, 3.8) is 0 Å². The molecule has 0 saturated heterocycles. The first-order chi connectivity index (χ1) is 12.4. The molecule has 0 atom stereocenters. The Hall–Kier alpha value is -2.93. The van der Waals surface area contributed by atoms with Crippen LogP contribution in [0.4, 0.5) is 10.1 Å². The highest BCUT2D eigenvalue weighted by atomic mass is 35.5. The van der Waals surface area contributed by atoms with Crippen molar-refractivity contribution < 1.29 is 23.5 Å². The fourth-order valence-corrected chi connectivity index (χ4v) is 2.39. The Morgan fingerprint density at radius 3 is 2.54 bits per heavy atom. The third-order valence-electron chi connectivity index (χ3n) is 3.30. The Bertz CT molecular complexity index is 821. The van der Waals surface area contributed by atoms with Gasteiger partial charge in [0.05, 0.1) is 35.0 Å². The number of hydrogen-bond acceptors (Lipinski definition) is 4. The molecule has 0 unspecified atom stereocenters. The van der Waals surface area contributed by atoms with Crippen LogP contribution in [0.5, 0.6) is 0 Å². The van der Waals surface area contributed by atoms with Gasteiger partial charge in [0.1, 0.15) is 5.82 Å². The second-order valence-electron chi connectivity index (χ2n) is 5.09. The quantitative estimate of drug-likeness (QED) is 0.757. The van der Waals surface area contributed by atoms with Crippen molar-refractivity contribution in [3.05, 3.63) is 64.4 Å². The normalized spacial score (nSPS) is 10.1. The predicted molar refractivity (Wildman–Crippen MR) is 94.8 cm³/mol. The van der Waals surface area contributed by atoms with E-state index >= 15 is 0 Å². The highest BCUT2D eigenvalue weighted by Crippen LogP contribution is 2.19. The van der Waals surface area contributed by atoms with Crippen LogP contribution in [-0.2, 0) is 9.53 Å². The SMILES string of the molecule is CCOC(=O)c1ccccc1NC(=O)CNC(=O)c1c(F)cccc1Cl. The van der Waals surface area contributed by atoms with Crippen molar-refractivity contribution in [1.29, 1.82) is 0 Å². The van der Waals surface area contributed by atoms with Crippen molar-refractivity contribution in [3.8, 4) is 0 Å². The third-order valence-corrected chi connectivity index (χ3v) is 3.61. The molecule has 0 aliphatic carbocycles. The zero-order chi connectivity index (χ0) is 19.1. The van der Waals surface area contributed by atoms with Gasteiger partial charge in [-0.05, 0) is 31.2 Å². The van der Waals surface area contributed by atoms with E-state index in [4.69, 9.17) is 16.3 Å². The summed E-state index contributed by atoms with van der Waals surface area (Å²) < 4.78 is 18.6. The van der Waals surface area contributed by atoms with E-state index in [2.05, 4.69) is 10.6 Å². The standard InChI is InChI=1S/C18H16ClFN2O4/c1-2-26-18(25)11-6-3-4-9-14(11)22-15(23)10-21-17(24)16-12(19)7-5-8-13(16)20/h3-9H,2,10H2,1H3,(H,21,24)(H,22,23). The van der Waals surface area contributed by atoms with Crippen molar-refractivity contribution >= 4 is 35.1 Å². The molecule has 2 rings (SSSR count). The van der Waals surface area contributed by atoms with Gasteiger partial charge in [-0.25, -0.2) is 9.18 Å². The summed E-state index contributed by atoms with van der Waals surface area (Å²) >= 11 is 5.80. The summed E-state index contributed by atoms with van der Waals surface area (Å²) in [4.78, 5) is 35.9. The number of para-hydroxylation sites is 1. The minimum absolute atomic E-state index is 0.0597. The van der Waals surface area contributed by atoms with Crippen molar-refractivity contribution in [2.24, 2.45) is 0 Å². The van der Waals surface area contributed by atoms with Crippen molar-refractivity contribution in [1.82, 2.24) is 5.32 Å².